The molecule has 2 aliphatic heterocycles. The van der Waals surface area contributed by atoms with Crippen LogP contribution in [-0.2, 0) is 6.54 Å². The predicted molar refractivity (Wildman–Crippen MR) is 87.8 cm³/mol. The van der Waals surface area contributed by atoms with Crippen LogP contribution in [0, 0.1) is 5.92 Å². The molecule has 2 saturated heterocycles. The monoisotopic (exact) mass is 302 g/mol. The van der Waals surface area contributed by atoms with E-state index in [0.29, 0.717) is 5.92 Å². The van der Waals surface area contributed by atoms with E-state index < -0.39 is 0 Å². The Balaban J connectivity index is 1.72. The topological polar surface area (TPSA) is 42.7 Å². The number of hydrogen-bond acceptors (Lipinski definition) is 4. The Morgan fingerprint density at radius 1 is 1.29 bits per heavy atom. The number of nitrogens with zero attached hydrogens (tertiary/aromatic N) is 3. The van der Waals surface area contributed by atoms with Crippen molar-refractivity contribution in [2.24, 2.45) is 5.92 Å². The third kappa shape index (κ3) is 2.69. The van der Waals surface area contributed by atoms with E-state index in [9.17, 15) is 0 Å². The van der Waals surface area contributed by atoms with E-state index in [4.69, 9.17) is 4.98 Å². The fourth-order valence-corrected chi connectivity index (χ4v) is 4.66. The molecule has 2 aromatic heterocycles. The van der Waals surface area contributed by atoms with Crippen LogP contribution in [0.2, 0.25) is 0 Å². The molecule has 0 bridgehead atoms. The zero-order valence-corrected chi connectivity index (χ0v) is 13.1. The second-order valence-electron chi connectivity index (χ2n) is 6.17. The number of hydrogen-bond donors (Lipinski definition) is 1. The Morgan fingerprint density at radius 2 is 2.19 bits per heavy atom. The van der Waals surface area contributed by atoms with Gasteiger partial charge in [0.05, 0.1) is 0 Å². The van der Waals surface area contributed by atoms with Gasteiger partial charge in [-0.2, -0.15) is 11.8 Å². The lowest BCUT2D eigenvalue weighted by Crippen LogP contribution is -2.19. The largest absolute Gasteiger partial charge is 0.316 e. The first-order chi connectivity index (χ1) is 10.4. The molecule has 1 N–H and O–H groups in total. The molecular weight excluding hydrogens is 280 g/mol. The summed E-state index contributed by atoms with van der Waals surface area (Å²) in [4.78, 5) is 9.56. The minimum absolute atomic E-state index is 0.620. The minimum atomic E-state index is 0.620. The van der Waals surface area contributed by atoms with Crippen LogP contribution in [0.4, 0.5) is 0 Å². The van der Waals surface area contributed by atoms with Crippen molar-refractivity contribution in [1.82, 2.24) is 19.9 Å². The Kier molecular flexibility index (Phi) is 3.86. The quantitative estimate of drug-likeness (QED) is 0.946. The lowest BCUT2D eigenvalue weighted by Gasteiger charge is -2.23. The first-order valence-corrected chi connectivity index (χ1v) is 9.17. The maximum atomic E-state index is 4.95. The molecule has 0 amide bonds. The SMILES string of the molecule is c1cnc2c(c1)nc(C1CCSCC1)n2CC1CCNC1. The Morgan fingerprint density at radius 3 is 3.00 bits per heavy atom. The highest BCUT2D eigenvalue weighted by Gasteiger charge is 2.25. The van der Waals surface area contributed by atoms with Crippen LogP contribution in [0.15, 0.2) is 18.3 Å². The molecule has 1 unspecified atom stereocenters. The van der Waals surface area contributed by atoms with Gasteiger partial charge in [-0.3, -0.25) is 0 Å². The zero-order chi connectivity index (χ0) is 14.1. The maximum Gasteiger partial charge on any atom is 0.160 e. The van der Waals surface area contributed by atoms with Gasteiger partial charge >= 0.3 is 0 Å². The number of rotatable bonds is 3. The molecule has 2 fully saturated rings. The van der Waals surface area contributed by atoms with Gasteiger partial charge in [0.25, 0.3) is 0 Å². The number of aromatic nitrogens is 3. The summed E-state index contributed by atoms with van der Waals surface area (Å²) in [5.74, 6) is 5.17. The normalized spacial score (nSPS) is 23.9. The van der Waals surface area contributed by atoms with Crippen LogP contribution >= 0.6 is 11.8 Å². The number of pyridine rings is 1. The highest BCUT2D eigenvalue weighted by Crippen LogP contribution is 2.33. The van der Waals surface area contributed by atoms with Crippen molar-refractivity contribution in [2.45, 2.75) is 31.7 Å². The maximum absolute atomic E-state index is 4.95. The predicted octanol–water partition coefficient (Wildman–Crippen LogP) is 2.65. The summed E-state index contributed by atoms with van der Waals surface area (Å²) in [6.45, 7) is 3.35. The fourth-order valence-electron chi connectivity index (χ4n) is 3.55. The number of nitrogens with one attached hydrogen (secondary N) is 1. The van der Waals surface area contributed by atoms with Gasteiger partial charge in [0.1, 0.15) is 11.3 Å². The summed E-state index contributed by atoms with van der Waals surface area (Å²) in [5, 5.41) is 3.47. The average molecular weight is 302 g/mol. The molecule has 4 rings (SSSR count). The summed E-state index contributed by atoms with van der Waals surface area (Å²) in [6.07, 6.45) is 5.69. The molecule has 5 heteroatoms. The van der Waals surface area contributed by atoms with Crippen molar-refractivity contribution in [3.05, 3.63) is 24.2 Å². The molecular formula is C16H22N4S. The van der Waals surface area contributed by atoms with Crippen LogP contribution in [0.25, 0.3) is 11.2 Å². The van der Waals surface area contributed by atoms with Gasteiger partial charge in [0.15, 0.2) is 5.65 Å². The summed E-state index contributed by atoms with van der Waals surface area (Å²) < 4.78 is 2.42. The van der Waals surface area contributed by atoms with E-state index in [0.717, 1.165) is 36.7 Å². The third-order valence-corrected chi connectivity index (χ3v) is 5.77. The first kappa shape index (κ1) is 13.6. The van der Waals surface area contributed by atoms with Crippen LogP contribution in [0.1, 0.15) is 31.0 Å². The van der Waals surface area contributed by atoms with E-state index in [2.05, 4.69) is 32.7 Å². The number of fused-ring (bicyclic) bond motifs is 1. The van der Waals surface area contributed by atoms with Crippen molar-refractivity contribution in [3.63, 3.8) is 0 Å². The molecule has 4 nitrogen and oxygen atoms in total. The lowest BCUT2D eigenvalue weighted by molar-refractivity contribution is 0.456. The molecule has 21 heavy (non-hydrogen) atoms. The van der Waals surface area contributed by atoms with Crippen LogP contribution in [0.3, 0.4) is 0 Å². The Labute approximate surface area is 129 Å². The van der Waals surface area contributed by atoms with Crippen LogP contribution < -0.4 is 5.32 Å². The van der Waals surface area contributed by atoms with Crippen molar-refractivity contribution in [3.8, 4) is 0 Å². The van der Waals surface area contributed by atoms with Gasteiger partial charge in [-0.25, -0.2) is 9.97 Å². The van der Waals surface area contributed by atoms with Crippen molar-refractivity contribution in [2.75, 3.05) is 24.6 Å². The zero-order valence-electron chi connectivity index (χ0n) is 12.3. The fraction of sp³-hybridized carbons (Fsp3) is 0.625. The highest BCUT2D eigenvalue weighted by molar-refractivity contribution is 7.99. The van der Waals surface area contributed by atoms with E-state index in [-0.39, 0.29) is 0 Å². The van der Waals surface area contributed by atoms with Crippen molar-refractivity contribution in [1.29, 1.82) is 0 Å². The third-order valence-electron chi connectivity index (χ3n) is 4.72. The van der Waals surface area contributed by atoms with Crippen LogP contribution in [-0.4, -0.2) is 39.1 Å². The molecule has 1 atom stereocenters. The van der Waals surface area contributed by atoms with Gasteiger partial charge in [-0.15, -0.1) is 0 Å². The standard InChI is InChI=1S/C16H22N4S/c1-2-14-16(18-6-1)20(11-12-3-7-17-10-12)15(19-14)13-4-8-21-9-5-13/h1-2,6,12-13,17H,3-5,7-11H2. The van der Waals surface area contributed by atoms with E-state index in [1.807, 2.05) is 12.3 Å². The van der Waals surface area contributed by atoms with Crippen molar-refractivity contribution < 1.29 is 0 Å². The summed E-state index contributed by atoms with van der Waals surface area (Å²) >= 11 is 2.08. The van der Waals surface area contributed by atoms with Gasteiger partial charge in [0.2, 0.25) is 0 Å². The first-order valence-electron chi connectivity index (χ1n) is 8.01. The molecule has 2 aliphatic rings. The Bertz CT molecular complexity index is 612. The number of imidazole rings is 1. The van der Waals surface area contributed by atoms with Crippen molar-refractivity contribution >= 4 is 22.9 Å². The Hall–Kier alpha value is -1.07. The summed E-state index contributed by atoms with van der Waals surface area (Å²) in [7, 11) is 0. The molecule has 0 spiro atoms. The molecule has 4 heterocycles. The second-order valence-corrected chi connectivity index (χ2v) is 7.40. The van der Waals surface area contributed by atoms with Gasteiger partial charge in [0, 0.05) is 18.7 Å². The summed E-state index contributed by atoms with van der Waals surface area (Å²) in [5.41, 5.74) is 2.15. The molecule has 2 aromatic rings. The minimum Gasteiger partial charge on any atom is -0.316 e. The van der Waals surface area contributed by atoms with E-state index >= 15 is 0 Å². The smallest absolute Gasteiger partial charge is 0.160 e. The molecule has 112 valence electrons. The van der Waals surface area contributed by atoms with Gasteiger partial charge in [-0.1, -0.05) is 0 Å². The molecule has 0 saturated carbocycles. The second kappa shape index (κ2) is 5.97. The highest BCUT2D eigenvalue weighted by atomic mass is 32.2. The molecule has 0 aromatic carbocycles. The van der Waals surface area contributed by atoms with E-state index in [1.165, 1.54) is 36.6 Å². The summed E-state index contributed by atoms with van der Waals surface area (Å²) in [6, 6.07) is 4.10. The van der Waals surface area contributed by atoms with E-state index in [1.54, 1.807) is 0 Å². The van der Waals surface area contributed by atoms with Gasteiger partial charge in [-0.05, 0) is 61.9 Å². The number of thioether (sulfide) groups is 1. The van der Waals surface area contributed by atoms with Crippen LogP contribution in [0.5, 0.6) is 0 Å². The lowest BCUT2D eigenvalue weighted by atomic mass is 10.0. The van der Waals surface area contributed by atoms with Gasteiger partial charge < -0.3 is 9.88 Å². The average Bonchev–Trinajstić information content (AvgIpc) is 3.17. The molecule has 0 radical (unpaired) electrons. The molecule has 0 aliphatic carbocycles.